The smallest absolute Gasteiger partial charge is 0.339 e. The standard InChI is InChI=1S/C18H19ClN2O3/c1-11(2)21(12(3)22)17-8-6-13(9-15(17)19)16-7-5-14(10-20-16)18(23)24-4/h5-11H,1-4H3. The molecule has 24 heavy (non-hydrogen) atoms. The van der Waals surface area contributed by atoms with Crippen molar-refractivity contribution in [3.8, 4) is 11.3 Å². The number of aromatic nitrogens is 1. The number of pyridine rings is 1. The van der Waals surface area contributed by atoms with Gasteiger partial charge in [0.15, 0.2) is 0 Å². The lowest BCUT2D eigenvalue weighted by Crippen LogP contribution is -2.35. The molecule has 6 heteroatoms. The number of carbonyl (C=O) groups is 2. The van der Waals surface area contributed by atoms with E-state index in [0.29, 0.717) is 22.0 Å². The molecule has 0 bridgehead atoms. The van der Waals surface area contributed by atoms with Crippen LogP contribution in [0, 0.1) is 0 Å². The Morgan fingerprint density at radius 3 is 2.38 bits per heavy atom. The summed E-state index contributed by atoms with van der Waals surface area (Å²) >= 11 is 6.37. The van der Waals surface area contributed by atoms with Gasteiger partial charge in [0, 0.05) is 24.7 Å². The minimum absolute atomic E-state index is 0.00307. The van der Waals surface area contributed by atoms with Crippen LogP contribution >= 0.6 is 11.6 Å². The maximum atomic E-state index is 11.8. The number of esters is 1. The first-order chi connectivity index (χ1) is 11.3. The molecule has 0 aliphatic rings. The van der Waals surface area contributed by atoms with Crippen LogP contribution < -0.4 is 4.90 Å². The number of anilines is 1. The van der Waals surface area contributed by atoms with Gasteiger partial charge in [-0.05, 0) is 38.1 Å². The van der Waals surface area contributed by atoms with Crippen molar-refractivity contribution in [2.75, 3.05) is 12.0 Å². The average Bonchev–Trinajstić information content (AvgIpc) is 2.55. The van der Waals surface area contributed by atoms with Gasteiger partial charge in [0.05, 0.1) is 29.1 Å². The number of hydrogen-bond donors (Lipinski definition) is 0. The average molecular weight is 347 g/mol. The van der Waals surface area contributed by atoms with E-state index in [0.717, 1.165) is 5.56 Å². The SMILES string of the molecule is COC(=O)c1ccc(-c2ccc(N(C(C)=O)C(C)C)c(Cl)c2)nc1. The zero-order chi connectivity index (χ0) is 17.9. The zero-order valence-electron chi connectivity index (χ0n) is 14.0. The van der Waals surface area contributed by atoms with Gasteiger partial charge in [0.1, 0.15) is 0 Å². The van der Waals surface area contributed by atoms with Gasteiger partial charge < -0.3 is 9.64 Å². The van der Waals surface area contributed by atoms with E-state index in [1.165, 1.54) is 20.2 Å². The van der Waals surface area contributed by atoms with Crippen molar-refractivity contribution < 1.29 is 14.3 Å². The lowest BCUT2D eigenvalue weighted by molar-refractivity contribution is -0.116. The minimum atomic E-state index is -0.434. The minimum Gasteiger partial charge on any atom is -0.465 e. The molecule has 0 spiro atoms. The van der Waals surface area contributed by atoms with Gasteiger partial charge in [0.2, 0.25) is 5.91 Å². The highest BCUT2D eigenvalue weighted by Gasteiger charge is 2.18. The molecule has 0 N–H and O–H groups in total. The second-order valence-corrected chi connectivity index (χ2v) is 5.98. The molecule has 0 saturated carbocycles. The largest absolute Gasteiger partial charge is 0.465 e. The van der Waals surface area contributed by atoms with Crippen LogP contribution in [0.4, 0.5) is 5.69 Å². The molecule has 0 unspecified atom stereocenters. The number of hydrogen-bond acceptors (Lipinski definition) is 4. The van der Waals surface area contributed by atoms with Crippen LogP contribution in [0.25, 0.3) is 11.3 Å². The summed E-state index contributed by atoms with van der Waals surface area (Å²) < 4.78 is 4.65. The van der Waals surface area contributed by atoms with Crippen molar-refractivity contribution in [3.63, 3.8) is 0 Å². The fourth-order valence-electron chi connectivity index (χ4n) is 2.48. The van der Waals surface area contributed by atoms with Crippen LogP contribution in [0.2, 0.25) is 5.02 Å². The van der Waals surface area contributed by atoms with Gasteiger partial charge in [-0.1, -0.05) is 17.7 Å². The van der Waals surface area contributed by atoms with Gasteiger partial charge in [-0.3, -0.25) is 9.78 Å². The third kappa shape index (κ3) is 3.74. The molecule has 0 radical (unpaired) electrons. The molecular weight excluding hydrogens is 328 g/mol. The maximum absolute atomic E-state index is 11.8. The van der Waals surface area contributed by atoms with Crippen molar-refractivity contribution in [1.29, 1.82) is 0 Å². The summed E-state index contributed by atoms with van der Waals surface area (Å²) in [5, 5.41) is 0.468. The summed E-state index contributed by atoms with van der Waals surface area (Å²) in [5.41, 5.74) is 2.52. The molecule has 1 aromatic carbocycles. The van der Waals surface area contributed by atoms with Crippen LogP contribution in [0.5, 0.6) is 0 Å². The molecule has 5 nitrogen and oxygen atoms in total. The molecule has 0 atom stereocenters. The fourth-order valence-corrected chi connectivity index (χ4v) is 2.75. The Balaban J connectivity index is 2.35. The first-order valence-electron chi connectivity index (χ1n) is 7.49. The maximum Gasteiger partial charge on any atom is 0.339 e. The summed E-state index contributed by atoms with van der Waals surface area (Å²) in [5.74, 6) is -0.503. The van der Waals surface area contributed by atoms with Crippen LogP contribution in [0.3, 0.4) is 0 Å². The summed E-state index contributed by atoms with van der Waals surface area (Å²) in [4.78, 5) is 29.2. The number of nitrogens with zero attached hydrogens (tertiary/aromatic N) is 2. The number of methoxy groups -OCH3 is 1. The molecular formula is C18H19ClN2O3. The number of halogens is 1. The topological polar surface area (TPSA) is 59.5 Å². The third-order valence-electron chi connectivity index (χ3n) is 3.54. The third-order valence-corrected chi connectivity index (χ3v) is 3.85. The quantitative estimate of drug-likeness (QED) is 0.786. The van der Waals surface area contributed by atoms with E-state index in [1.807, 2.05) is 19.9 Å². The number of amides is 1. The first kappa shape index (κ1) is 17.9. The van der Waals surface area contributed by atoms with Crippen LogP contribution in [-0.4, -0.2) is 30.0 Å². The molecule has 1 amide bonds. The van der Waals surface area contributed by atoms with Crippen LogP contribution in [-0.2, 0) is 9.53 Å². The molecule has 0 aliphatic heterocycles. The zero-order valence-corrected chi connectivity index (χ0v) is 14.8. The number of ether oxygens (including phenoxy) is 1. The van der Waals surface area contributed by atoms with Crippen molar-refractivity contribution in [2.45, 2.75) is 26.8 Å². The van der Waals surface area contributed by atoms with Crippen molar-refractivity contribution >= 4 is 29.2 Å². The van der Waals surface area contributed by atoms with Crippen molar-refractivity contribution in [1.82, 2.24) is 4.98 Å². The monoisotopic (exact) mass is 346 g/mol. The highest BCUT2D eigenvalue weighted by atomic mass is 35.5. The van der Waals surface area contributed by atoms with E-state index in [9.17, 15) is 9.59 Å². The van der Waals surface area contributed by atoms with Crippen LogP contribution in [0.1, 0.15) is 31.1 Å². The molecule has 2 rings (SSSR count). The summed E-state index contributed by atoms with van der Waals surface area (Å²) in [6.45, 7) is 5.37. The number of carbonyl (C=O) groups excluding carboxylic acids is 2. The highest BCUT2D eigenvalue weighted by Crippen LogP contribution is 2.31. The second-order valence-electron chi connectivity index (χ2n) is 5.57. The normalized spacial score (nSPS) is 10.6. The lowest BCUT2D eigenvalue weighted by atomic mass is 10.1. The second kappa shape index (κ2) is 7.45. The van der Waals surface area contributed by atoms with Gasteiger partial charge in [-0.25, -0.2) is 4.79 Å². The highest BCUT2D eigenvalue weighted by molar-refractivity contribution is 6.34. The summed E-state index contributed by atoms with van der Waals surface area (Å²) in [6, 6.07) is 8.78. The van der Waals surface area contributed by atoms with Gasteiger partial charge in [-0.2, -0.15) is 0 Å². The van der Waals surface area contributed by atoms with E-state index < -0.39 is 5.97 Å². The Bertz CT molecular complexity index is 757. The Morgan fingerprint density at radius 2 is 1.92 bits per heavy atom. The van der Waals surface area contributed by atoms with Crippen molar-refractivity contribution in [3.05, 3.63) is 47.1 Å². The Hall–Kier alpha value is -2.40. The van der Waals surface area contributed by atoms with E-state index in [1.54, 1.807) is 29.2 Å². The van der Waals surface area contributed by atoms with Crippen LogP contribution in [0.15, 0.2) is 36.5 Å². The molecule has 126 valence electrons. The Morgan fingerprint density at radius 1 is 1.21 bits per heavy atom. The Kier molecular flexibility index (Phi) is 5.57. The molecule has 2 aromatic rings. The predicted octanol–water partition coefficient (Wildman–Crippen LogP) is 3.95. The number of benzene rings is 1. The van der Waals surface area contributed by atoms with E-state index >= 15 is 0 Å². The van der Waals surface area contributed by atoms with E-state index in [2.05, 4.69) is 9.72 Å². The lowest BCUT2D eigenvalue weighted by Gasteiger charge is -2.26. The van der Waals surface area contributed by atoms with Gasteiger partial charge in [-0.15, -0.1) is 0 Å². The molecule has 0 fully saturated rings. The molecule has 1 heterocycles. The Labute approximate surface area is 146 Å². The van der Waals surface area contributed by atoms with Gasteiger partial charge in [0.25, 0.3) is 0 Å². The fraction of sp³-hybridized carbons (Fsp3) is 0.278. The number of rotatable bonds is 4. The van der Waals surface area contributed by atoms with Gasteiger partial charge >= 0.3 is 5.97 Å². The molecule has 1 aromatic heterocycles. The summed E-state index contributed by atoms with van der Waals surface area (Å²) in [7, 11) is 1.32. The van der Waals surface area contributed by atoms with Crippen molar-refractivity contribution in [2.24, 2.45) is 0 Å². The summed E-state index contributed by atoms with van der Waals surface area (Å²) in [6.07, 6.45) is 1.46. The van der Waals surface area contributed by atoms with E-state index in [4.69, 9.17) is 11.6 Å². The molecule has 0 aliphatic carbocycles. The predicted molar refractivity (Wildman–Crippen MR) is 94.3 cm³/mol. The van der Waals surface area contributed by atoms with E-state index in [-0.39, 0.29) is 11.9 Å². The molecule has 0 saturated heterocycles. The first-order valence-corrected chi connectivity index (χ1v) is 7.87.